The van der Waals surface area contributed by atoms with Crippen LogP contribution in [0.4, 0.5) is 34.1 Å². The number of rotatable bonds is 6. The van der Waals surface area contributed by atoms with Crippen molar-refractivity contribution >= 4 is 81.8 Å². The van der Waals surface area contributed by atoms with E-state index in [1.807, 2.05) is 0 Å². The van der Waals surface area contributed by atoms with Crippen molar-refractivity contribution in [1.82, 2.24) is 0 Å². The molecule has 2 nitrogen and oxygen atoms in total. The molecule has 0 amide bonds. The second-order valence-electron chi connectivity index (χ2n) is 17.8. The molecule has 0 spiro atoms. The van der Waals surface area contributed by atoms with Gasteiger partial charge in [0, 0.05) is 34.1 Å². The molecular formula is C54H50N2Si2. The number of hydrogen-bond acceptors (Lipinski definition) is 2. The van der Waals surface area contributed by atoms with Crippen LogP contribution >= 0.6 is 0 Å². The molecule has 2 heterocycles. The lowest BCUT2D eigenvalue weighted by molar-refractivity contribution is 1.25. The standard InChI is InChI=1S/C54H50N2Si2/c1-35-26-36(2)29-43(28-35)55(39-16-11-9-12-17-39)41-22-24-45-48-34-52-53(47-20-15-21-49(54(47)48)57(5,6)50(45)32-41)46-25-23-42(33-51(46)58(52,7)8)56(40-18-13-10-14-19-40)44-30-37(3)27-38(4)31-44/h9-34H,1-8H3. The Morgan fingerprint density at radius 1 is 0.328 bits per heavy atom. The van der Waals surface area contributed by atoms with E-state index in [1.54, 1.807) is 10.4 Å². The van der Waals surface area contributed by atoms with Gasteiger partial charge in [-0.15, -0.1) is 0 Å². The van der Waals surface area contributed by atoms with Crippen molar-refractivity contribution in [1.29, 1.82) is 0 Å². The quantitative estimate of drug-likeness (QED) is 0.155. The highest BCUT2D eigenvalue weighted by Gasteiger charge is 2.43. The fourth-order valence-electron chi connectivity index (χ4n) is 10.3. The molecule has 8 aromatic rings. The van der Waals surface area contributed by atoms with Gasteiger partial charge < -0.3 is 9.80 Å². The molecule has 0 saturated heterocycles. The van der Waals surface area contributed by atoms with E-state index in [-0.39, 0.29) is 0 Å². The van der Waals surface area contributed by atoms with Crippen LogP contribution in [0, 0.1) is 27.7 Å². The Balaban J connectivity index is 1.16. The first-order valence-corrected chi connectivity index (χ1v) is 26.7. The number of nitrogens with zero attached hydrogens (tertiary/aromatic N) is 2. The van der Waals surface area contributed by atoms with Gasteiger partial charge >= 0.3 is 0 Å². The predicted octanol–water partition coefficient (Wildman–Crippen LogP) is 12.6. The van der Waals surface area contributed by atoms with Crippen LogP contribution in [0.5, 0.6) is 0 Å². The maximum absolute atomic E-state index is 2.63. The van der Waals surface area contributed by atoms with Gasteiger partial charge in [-0.25, -0.2) is 0 Å². The summed E-state index contributed by atoms with van der Waals surface area (Å²) < 4.78 is 0. The van der Waals surface area contributed by atoms with Gasteiger partial charge in [0.05, 0.1) is 0 Å². The first-order valence-electron chi connectivity index (χ1n) is 20.7. The van der Waals surface area contributed by atoms with Gasteiger partial charge in [-0.3, -0.25) is 0 Å². The molecule has 0 aliphatic carbocycles. The summed E-state index contributed by atoms with van der Waals surface area (Å²) in [5, 5.41) is 9.01. The minimum absolute atomic E-state index is 1.18. The van der Waals surface area contributed by atoms with Gasteiger partial charge in [-0.05, 0) is 177 Å². The molecule has 0 aromatic heterocycles. The minimum atomic E-state index is -2.15. The maximum Gasteiger partial charge on any atom is 0.113 e. The molecule has 8 aromatic carbocycles. The fraction of sp³-hybridized carbons (Fsp3) is 0.148. The van der Waals surface area contributed by atoms with E-state index in [2.05, 4.69) is 221 Å². The Labute approximate surface area is 346 Å². The molecule has 4 heteroatoms. The lowest BCUT2D eigenvalue weighted by atomic mass is 9.91. The van der Waals surface area contributed by atoms with Crippen LogP contribution in [0.15, 0.2) is 158 Å². The van der Waals surface area contributed by atoms with Crippen molar-refractivity contribution in [3.63, 3.8) is 0 Å². The minimum Gasteiger partial charge on any atom is -0.310 e. The number of benzene rings is 8. The number of aryl methyl sites for hydroxylation is 4. The third kappa shape index (κ3) is 5.65. The largest absolute Gasteiger partial charge is 0.310 e. The zero-order chi connectivity index (χ0) is 40.1. The highest BCUT2D eigenvalue weighted by atomic mass is 28.3. The van der Waals surface area contributed by atoms with Gasteiger partial charge in [0.1, 0.15) is 16.1 Å². The second-order valence-corrected chi connectivity index (χ2v) is 26.5. The van der Waals surface area contributed by atoms with Gasteiger partial charge in [-0.2, -0.15) is 0 Å². The van der Waals surface area contributed by atoms with Crippen molar-refractivity contribution in [2.75, 3.05) is 9.80 Å². The van der Waals surface area contributed by atoms with Gasteiger partial charge in [-0.1, -0.05) is 111 Å². The van der Waals surface area contributed by atoms with E-state index >= 15 is 0 Å². The summed E-state index contributed by atoms with van der Waals surface area (Å²) in [5.74, 6) is 0. The van der Waals surface area contributed by atoms with E-state index in [1.165, 1.54) is 99.8 Å². The van der Waals surface area contributed by atoms with Crippen LogP contribution in [0.3, 0.4) is 0 Å². The highest BCUT2D eigenvalue weighted by Crippen LogP contribution is 2.45. The monoisotopic (exact) mass is 782 g/mol. The molecule has 0 saturated carbocycles. The van der Waals surface area contributed by atoms with Crippen LogP contribution < -0.4 is 30.5 Å². The molecule has 284 valence electrons. The summed E-state index contributed by atoms with van der Waals surface area (Å²) in [6.07, 6.45) is 0. The first kappa shape index (κ1) is 36.4. The van der Waals surface area contributed by atoms with Crippen LogP contribution in [0.2, 0.25) is 26.2 Å². The Kier molecular flexibility index (Phi) is 8.35. The zero-order valence-corrected chi connectivity index (χ0v) is 36.9. The van der Waals surface area contributed by atoms with Crippen molar-refractivity contribution in [3.05, 3.63) is 180 Å². The average Bonchev–Trinajstić information content (AvgIpc) is 3.42. The smallest absolute Gasteiger partial charge is 0.113 e. The molecular weight excluding hydrogens is 733 g/mol. The van der Waals surface area contributed by atoms with Gasteiger partial charge in [0.2, 0.25) is 0 Å². The first-order chi connectivity index (χ1) is 27.9. The number of fused-ring (bicyclic) bond motifs is 6. The topological polar surface area (TPSA) is 6.48 Å². The average molecular weight is 783 g/mol. The summed E-state index contributed by atoms with van der Waals surface area (Å²) in [6, 6.07) is 60.1. The van der Waals surface area contributed by atoms with Crippen molar-refractivity contribution in [3.8, 4) is 22.3 Å². The molecule has 10 rings (SSSR count). The number of hydrogen-bond donors (Lipinski definition) is 0. The molecule has 0 bridgehead atoms. The number of para-hydroxylation sites is 2. The Morgan fingerprint density at radius 2 is 0.793 bits per heavy atom. The molecule has 0 N–H and O–H groups in total. The summed E-state index contributed by atoms with van der Waals surface area (Å²) in [6.45, 7) is 19.1. The molecule has 0 fully saturated rings. The Bertz CT molecular complexity index is 2910. The SMILES string of the molecule is Cc1cc(C)cc(N(c2ccccc2)c2ccc3c(c2)[Si](C)(C)c2cc4c5c(cccc5c2-3)[Si](C)(C)c2cc(N(c3ccccc3)c3cc(C)cc(C)c3)ccc2-4)c1. The normalized spacial score (nSPS) is 14.1. The van der Waals surface area contributed by atoms with E-state index in [0.29, 0.717) is 0 Å². The van der Waals surface area contributed by atoms with E-state index in [9.17, 15) is 0 Å². The van der Waals surface area contributed by atoms with Crippen molar-refractivity contribution < 1.29 is 0 Å². The van der Waals surface area contributed by atoms with Crippen LogP contribution in [0.1, 0.15) is 22.3 Å². The van der Waals surface area contributed by atoms with Crippen molar-refractivity contribution in [2.45, 2.75) is 53.9 Å². The molecule has 0 atom stereocenters. The Morgan fingerprint density at radius 3 is 1.31 bits per heavy atom. The fourth-order valence-corrected chi connectivity index (χ4v) is 16.5. The lowest BCUT2D eigenvalue weighted by Gasteiger charge is -2.36. The van der Waals surface area contributed by atoms with Gasteiger partial charge in [0.25, 0.3) is 0 Å². The summed E-state index contributed by atoms with van der Waals surface area (Å²) >= 11 is 0. The molecule has 0 radical (unpaired) electrons. The van der Waals surface area contributed by atoms with Crippen molar-refractivity contribution in [2.24, 2.45) is 0 Å². The third-order valence-corrected chi connectivity index (χ3v) is 19.9. The predicted molar refractivity (Wildman–Crippen MR) is 257 cm³/mol. The van der Waals surface area contributed by atoms with E-state index in [4.69, 9.17) is 0 Å². The van der Waals surface area contributed by atoms with E-state index < -0.39 is 16.1 Å². The van der Waals surface area contributed by atoms with Crippen LogP contribution in [0.25, 0.3) is 33.0 Å². The maximum atomic E-state index is 2.63. The highest BCUT2D eigenvalue weighted by molar-refractivity contribution is 7.05. The molecule has 2 aliphatic heterocycles. The summed E-state index contributed by atoms with van der Waals surface area (Å²) in [4.78, 5) is 4.90. The number of anilines is 6. The van der Waals surface area contributed by atoms with E-state index in [0.717, 1.165) is 0 Å². The molecule has 0 unspecified atom stereocenters. The van der Waals surface area contributed by atoms with Gasteiger partial charge in [0.15, 0.2) is 0 Å². The molecule has 2 aliphatic rings. The third-order valence-electron chi connectivity index (χ3n) is 12.9. The second kappa shape index (κ2) is 13.3. The lowest BCUT2D eigenvalue weighted by Crippen LogP contribution is -2.56. The van der Waals surface area contributed by atoms with Crippen LogP contribution in [-0.2, 0) is 0 Å². The zero-order valence-electron chi connectivity index (χ0n) is 34.9. The van der Waals surface area contributed by atoms with Crippen LogP contribution in [-0.4, -0.2) is 16.1 Å². The summed E-state index contributed by atoms with van der Waals surface area (Å²) in [5.41, 5.74) is 18.0. The Hall–Kier alpha value is -5.95. The summed E-state index contributed by atoms with van der Waals surface area (Å²) in [7, 11) is -4.30. The molecule has 58 heavy (non-hydrogen) atoms.